The molecule has 0 aliphatic carbocycles. The zero-order chi connectivity index (χ0) is 25.0. The number of rotatable bonds is 14. The number of hydrogen-bond acceptors (Lipinski definition) is 6. The van der Waals surface area contributed by atoms with E-state index in [1.165, 1.54) is 18.7 Å². The molecule has 0 bridgehead atoms. The zero-order valence-electron chi connectivity index (χ0n) is 19.7. The van der Waals surface area contributed by atoms with E-state index in [0.717, 1.165) is 5.56 Å². The Morgan fingerprint density at radius 2 is 1.55 bits per heavy atom. The summed E-state index contributed by atoms with van der Waals surface area (Å²) in [4.78, 5) is 49.4. The van der Waals surface area contributed by atoms with Gasteiger partial charge in [0.05, 0.1) is 6.04 Å². The van der Waals surface area contributed by atoms with Crippen LogP contribution >= 0.6 is 11.8 Å². The van der Waals surface area contributed by atoms with Gasteiger partial charge < -0.3 is 26.8 Å². The van der Waals surface area contributed by atoms with Crippen LogP contribution in [0.4, 0.5) is 0 Å². The SMILES string of the molecule is CSCCC(NC(=O)C(N)CC(C)C)C(=O)NC(C)C(=O)NC(Cc1ccccc1)C(=O)O. The zero-order valence-corrected chi connectivity index (χ0v) is 20.5. The van der Waals surface area contributed by atoms with E-state index >= 15 is 0 Å². The normalized spacial score (nSPS) is 14.6. The van der Waals surface area contributed by atoms with Crippen LogP contribution in [0.2, 0.25) is 0 Å². The van der Waals surface area contributed by atoms with Gasteiger partial charge in [-0.1, -0.05) is 44.2 Å². The van der Waals surface area contributed by atoms with Crippen molar-refractivity contribution in [3.63, 3.8) is 0 Å². The Labute approximate surface area is 199 Å². The van der Waals surface area contributed by atoms with Gasteiger partial charge in [-0.05, 0) is 43.3 Å². The summed E-state index contributed by atoms with van der Waals surface area (Å²) in [6.07, 6.45) is 2.85. The number of aliphatic carboxylic acids is 1. The lowest BCUT2D eigenvalue weighted by Gasteiger charge is -2.24. The molecule has 0 saturated carbocycles. The van der Waals surface area contributed by atoms with Crippen molar-refractivity contribution in [2.24, 2.45) is 11.7 Å². The molecule has 184 valence electrons. The number of benzene rings is 1. The Balaban J connectivity index is 2.75. The third kappa shape index (κ3) is 10.7. The molecular weight excluding hydrogens is 444 g/mol. The van der Waals surface area contributed by atoms with Crippen LogP contribution in [0.1, 0.15) is 39.2 Å². The maximum atomic E-state index is 12.8. The summed E-state index contributed by atoms with van der Waals surface area (Å²) in [6, 6.07) is 5.23. The summed E-state index contributed by atoms with van der Waals surface area (Å²) in [6.45, 7) is 5.37. The first kappa shape index (κ1) is 28.4. The van der Waals surface area contributed by atoms with E-state index in [0.29, 0.717) is 18.6 Å². The Morgan fingerprint density at radius 3 is 2.09 bits per heavy atom. The number of hydrogen-bond donors (Lipinski definition) is 5. The second-order valence-electron chi connectivity index (χ2n) is 8.40. The van der Waals surface area contributed by atoms with E-state index in [9.17, 15) is 24.3 Å². The molecule has 10 heteroatoms. The summed E-state index contributed by atoms with van der Waals surface area (Å²) in [5, 5.41) is 17.2. The van der Waals surface area contributed by atoms with Crippen LogP contribution in [-0.2, 0) is 25.6 Å². The van der Waals surface area contributed by atoms with Crippen molar-refractivity contribution in [1.82, 2.24) is 16.0 Å². The lowest BCUT2D eigenvalue weighted by Crippen LogP contribution is -2.56. The third-order valence-electron chi connectivity index (χ3n) is 4.96. The topological polar surface area (TPSA) is 151 Å². The van der Waals surface area contributed by atoms with Gasteiger partial charge in [0, 0.05) is 6.42 Å². The van der Waals surface area contributed by atoms with Crippen LogP contribution in [0.5, 0.6) is 0 Å². The van der Waals surface area contributed by atoms with E-state index in [-0.39, 0.29) is 12.3 Å². The molecule has 6 N–H and O–H groups in total. The third-order valence-corrected chi connectivity index (χ3v) is 5.60. The molecule has 1 aromatic carbocycles. The number of thioether (sulfide) groups is 1. The van der Waals surface area contributed by atoms with Gasteiger partial charge in [0.15, 0.2) is 0 Å². The number of amides is 3. The van der Waals surface area contributed by atoms with Crippen molar-refractivity contribution in [2.75, 3.05) is 12.0 Å². The highest BCUT2D eigenvalue weighted by molar-refractivity contribution is 7.98. The van der Waals surface area contributed by atoms with Crippen LogP contribution in [0.3, 0.4) is 0 Å². The minimum absolute atomic E-state index is 0.114. The van der Waals surface area contributed by atoms with E-state index < -0.39 is 47.9 Å². The van der Waals surface area contributed by atoms with E-state index in [1.54, 1.807) is 24.3 Å². The molecule has 1 rings (SSSR count). The van der Waals surface area contributed by atoms with Crippen LogP contribution in [0.15, 0.2) is 30.3 Å². The summed E-state index contributed by atoms with van der Waals surface area (Å²) >= 11 is 1.52. The molecule has 0 heterocycles. The molecule has 0 fully saturated rings. The Bertz CT molecular complexity index is 790. The number of carbonyl (C=O) groups excluding carboxylic acids is 3. The van der Waals surface area contributed by atoms with Gasteiger partial charge in [-0.2, -0.15) is 11.8 Å². The van der Waals surface area contributed by atoms with Gasteiger partial charge in [-0.3, -0.25) is 14.4 Å². The quantitative estimate of drug-likeness (QED) is 0.266. The fourth-order valence-corrected chi connectivity index (χ4v) is 3.60. The van der Waals surface area contributed by atoms with Crippen molar-refractivity contribution in [3.8, 4) is 0 Å². The predicted molar refractivity (Wildman–Crippen MR) is 130 cm³/mol. The Morgan fingerprint density at radius 1 is 0.939 bits per heavy atom. The van der Waals surface area contributed by atoms with Crippen molar-refractivity contribution in [1.29, 1.82) is 0 Å². The average molecular weight is 481 g/mol. The number of nitrogens with two attached hydrogens (primary N) is 1. The standard InChI is InChI=1S/C23H36N4O5S/c1-14(2)12-17(24)21(29)26-18(10-11-33-4)22(30)25-15(3)20(28)27-19(23(31)32)13-16-8-6-5-7-9-16/h5-9,14-15,17-19H,10-13,24H2,1-4H3,(H,25,30)(H,26,29)(H,27,28)(H,31,32). The van der Waals surface area contributed by atoms with Crippen molar-refractivity contribution < 1.29 is 24.3 Å². The van der Waals surface area contributed by atoms with Gasteiger partial charge in [0.2, 0.25) is 17.7 Å². The van der Waals surface area contributed by atoms with Gasteiger partial charge in [-0.25, -0.2) is 4.79 Å². The molecular formula is C23H36N4O5S. The largest absolute Gasteiger partial charge is 0.480 e. The Kier molecular flexibility index (Phi) is 12.5. The van der Waals surface area contributed by atoms with E-state index in [4.69, 9.17) is 5.73 Å². The number of carboxylic acids is 1. The second-order valence-corrected chi connectivity index (χ2v) is 9.38. The molecule has 0 spiro atoms. The Hall–Kier alpha value is -2.59. The molecule has 0 aliphatic heterocycles. The first-order valence-electron chi connectivity index (χ1n) is 11.0. The first-order chi connectivity index (χ1) is 15.5. The predicted octanol–water partition coefficient (Wildman–Crippen LogP) is 0.915. The first-order valence-corrected chi connectivity index (χ1v) is 12.4. The lowest BCUT2D eigenvalue weighted by molar-refractivity contribution is -0.142. The highest BCUT2D eigenvalue weighted by Gasteiger charge is 2.28. The van der Waals surface area contributed by atoms with Gasteiger partial charge in [0.25, 0.3) is 0 Å². The molecule has 1 aromatic rings. The number of nitrogens with one attached hydrogen (secondary N) is 3. The minimum atomic E-state index is -1.17. The summed E-state index contributed by atoms with van der Waals surface area (Å²) in [5.74, 6) is -1.89. The maximum Gasteiger partial charge on any atom is 0.326 e. The molecule has 0 radical (unpaired) electrons. The minimum Gasteiger partial charge on any atom is -0.480 e. The van der Waals surface area contributed by atoms with E-state index in [1.807, 2.05) is 26.2 Å². The lowest BCUT2D eigenvalue weighted by atomic mass is 10.0. The highest BCUT2D eigenvalue weighted by atomic mass is 32.2. The molecule has 0 saturated heterocycles. The smallest absolute Gasteiger partial charge is 0.326 e. The van der Waals surface area contributed by atoms with Crippen molar-refractivity contribution in [2.45, 2.75) is 64.2 Å². The van der Waals surface area contributed by atoms with Crippen LogP contribution in [-0.4, -0.2) is 65.0 Å². The van der Waals surface area contributed by atoms with Gasteiger partial charge >= 0.3 is 5.97 Å². The summed E-state index contributed by atoms with van der Waals surface area (Å²) in [7, 11) is 0. The molecule has 0 aromatic heterocycles. The van der Waals surface area contributed by atoms with Gasteiger partial charge in [0.1, 0.15) is 18.1 Å². The molecule has 0 aliphatic rings. The van der Waals surface area contributed by atoms with Crippen LogP contribution in [0.25, 0.3) is 0 Å². The average Bonchev–Trinajstić information content (AvgIpc) is 2.75. The number of carboxylic acid groups (broad SMARTS) is 1. The fraction of sp³-hybridized carbons (Fsp3) is 0.565. The van der Waals surface area contributed by atoms with Crippen molar-refractivity contribution >= 4 is 35.5 Å². The summed E-state index contributed by atoms with van der Waals surface area (Å²) < 4.78 is 0. The monoisotopic (exact) mass is 480 g/mol. The van der Waals surface area contributed by atoms with Gasteiger partial charge in [-0.15, -0.1) is 0 Å². The highest BCUT2D eigenvalue weighted by Crippen LogP contribution is 2.07. The number of carbonyl (C=O) groups is 4. The molecule has 9 nitrogen and oxygen atoms in total. The second kappa shape index (κ2) is 14.5. The molecule has 4 atom stereocenters. The fourth-order valence-electron chi connectivity index (χ4n) is 3.12. The molecule has 4 unspecified atom stereocenters. The van der Waals surface area contributed by atoms with E-state index in [2.05, 4.69) is 16.0 Å². The van der Waals surface area contributed by atoms with Crippen LogP contribution < -0.4 is 21.7 Å². The molecule has 3 amide bonds. The summed E-state index contributed by atoms with van der Waals surface area (Å²) in [5.41, 5.74) is 6.69. The molecule has 33 heavy (non-hydrogen) atoms. The van der Waals surface area contributed by atoms with Crippen LogP contribution in [0, 0.1) is 5.92 Å². The maximum absolute atomic E-state index is 12.8. The van der Waals surface area contributed by atoms with Crippen molar-refractivity contribution in [3.05, 3.63) is 35.9 Å².